The van der Waals surface area contributed by atoms with Crippen molar-refractivity contribution in [3.63, 3.8) is 0 Å². The van der Waals surface area contributed by atoms with Gasteiger partial charge in [-0.1, -0.05) is 48.5 Å². The van der Waals surface area contributed by atoms with Gasteiger partial charge in [0.25, 0.3) is 17.4 Å². The molecule has 0 radical (unpaired) electrons. The molecule has 0 bridgehead atoms. The maximum atomic E-state index is 13.3. The highest BCUT2D eigenvalue weighted by molar-refractivity contribution is 6.09. The predicted molar refractivity (Wildman–Crippen MR) is 140 cm³/mol. The average molecular weight is 496 g/mol. The minimum absolute atomic E-state index is 0.0280. The van der Waals surface area contributed by atoms with Crippen molar-refractivity contribution in [1.82, 2.24) is 35.4 Å². The van der Waals surface area contributed by atoms with Crippen molar-refractivity contribution in [2.45, 2.75) is 33.4 Å². The van der Waals surface area contributed by atoms with Crippen molar-refractivity contribution < 1.29 is 9.59 Å². The van der Waals surface area contributed by atoms with Gasteiger partial charge in [0.05, 0.1) is 28.2 Å². The second kappa shape index (κ2) is 9.65. The maximum Gasteiger partial charge on any atom is 0.290 e. The van der Waals surface area contributed by atoms with E-state index in [1.165, 1.54) is 4.68 Å². The fourth-order valence-corrected chi connectivity index (χ4v) is 4.20. The summed E-state index contributed by atoms with van der Waals surface area (Å²) >= 11 is 0. The molecule has 2 N–H and O–H groups in total. The summed E-state index contributed by atoms with van der Waals surface area (Å²) in [6.07, 6.45) is 1.60. The zero-order chi connectivity index (χ0) is 26.1. The summed E-state index contributed by atoms with van der Waals surface area (Å²) in [6, 6.07) is 18.0. The molecule has 2 amide bonds. The molecule has 5 aromatic rings. The standard InChI is InChI=1S/C27H25N7O3/c1-4-33-27(37)19-13-9-8-12-18(19)23(32-33)26(36)31-30-25(35)20-14-22(17-10-6-5-7-11-17)29-24-21(20)15-28-34(24)16(2)3/h5-16H,4H2,1-3H3,(H,30,35)(H,31,36). The molecule has 0 saturated heterocycles. The fraction of sp³-hybridized carbons (Fsp3) is 0.185. The van der Waals surface area contributed by atoms with E-state index in [1.54, 1.807) is 48.1 Å². The van der Waals surface area contributed by atoms with E-state index in [4.69, 9.17) is 4.98 Å². The Balaban J connectivity index is 1.50. The molecule has 5 rings (SSSR count). The van der Waals surface area contributed by atoms with Gasteiger partial charge >= 0.3 is 0 Å². The third kappa shape index (κ3) is 4.33. The van der Waals surface area contributed by atoms with Crippen LogP contribution in [0.1, 0.15) is 47.7 Å². The first-order chi connectivity index (χ1) is 17.9. The van der Waals surface area contributed by atoms with Crippen molar-refractivity contribution >= 4 is 33.6 Å². The third-order valence-electron chi connectivity index (χ3n) is 6.04. The number of fused-ring (bicyclic) bond motifs is 2. The highest BCUT2D eigenvalue weighted by Crippen LogP contribution is 2.26. The first-order valence-electron chi connectivity index (χ1n) is 11.9. The summed E-state index contributed by atoms with van der Waals surface area (Å²) in [5, 5.41) is 9.97. The van der Waals surface area contributed by atoms with Gasteiger partial charge in [-0.15, -0.1) is 0 Å². The summed E-state index contributed by atoms with van der Waals surface area (Å²) in [6.45, 7) is 6.03. The highest BCUT2D eigenvalue weighted by Gasteiger charge is 2.21. The van der Waals surface area contributed by atoms with Crippen LogP contribution >= 0.6 is 0 Å². The third-order valence-corrected chi connectivity index (χ3v) is 6.04. The van der Waals surface area contributed by atoms with Crippen LogP contribution in [0, 0.1) is 0 Å². The smallest absolute Gasteiger partial charge is 0.267 e. The largest absolute Gasteiger partial charge is 0.290 e. The molecule has 10 nitrogen and oxygen atoms in total. The van der Waals surface area contributed by atoms with Gasteiger partial charge in [-0.3, -0.25) is 25.2 Å². The van der Waals surface area contributed by atoms with Crippen LogP contribution < -0.4 is 16.4 Å². The van der Waals surface area contributed by atoms with Crippen LogP contribution in [-0.2, 0) is 6.54 Å². The van der Waals surface area contributed by atoms with Crippen molar-refractivity contribution in [3.8, 4) is 11.3 Å². The van der Waals surface area contributed by atoms with Gasteiger partial charge in [-0.2, -0.15) is 10.2 Å². The lowest BCUT2D eigenvalue weighted by Gasteiger charge is -2.12. The number of carbonyl (C=O) groups is 2. The Morgan fingerprint density at radius 3 is 2.30 bits per heavy atom. The van der Waals surface area contributed by atoms with Gasteiger partial charge in [0.15, 0.2) is 11.3 Å². The molecule has 0 aliphatic heterocycles. The van der Waals surface area contributed by atoms with E-state index in [-0.39, 0.29) is 17.3 Å². The van der Waals surface area contributed by atoms with E-state index in [0.29, 0.717) is 39.6 Å². The van der Waals surface area contributed by atoms with Crippen molar-refractivity contribution in [2.75, 3.05) is 0 Å². The molecule has 10 heteroatoms. The lowest BCUT2D eigenvalue weighted by Crippen LogP contribution is -2.43. The second-order valence-electron chi connectivity index (χ2n) is 8.76. The second-order valence-corrected chi connectivity index (χ2v) is 8.76. The zero-order valence-corrected chi connectivity index (χ0v) is 20.6. The summed E-state index contributed by atoms with van der Waals surface area (Å²) in [5.74, 6) is -1.17. The lowest BCUT2D eigenvalue weighted by molar-refractivity contribution is 0.0844. The Labute approximate surface area is 211 Å². The molecule has 37 heavy (non-hydrogen) atoms. The van der Waals surface area contributed by atoms with E-state index in [1.807, 2.05) is 44.2 Å². The number of hydrogen-bond donors (Lipinski definition) is 2. The van der Waals surface area contributed by atoms with Gasteiger partial charge in [-0.05, 0) is 32.9 Å². The molecule has 0 unspecified atom stereocenters. The van der Waals surface area contributed by atoms with Gasteiger partial charge in [0.1, 0.15) is 0 Å². The van der Waals surface area contributed by atoms with Crippen LogP contribution in [0.2, 0.25) is 0 Å². The fourth-order valence-electron chi connectivity index (χ4n) is 4.20. The van der Waals surface area contributed by atoms with E-state index < -0.39 is 11.8 Å². The van der Waals surface area contributed by atoms with Crippen LogP contribution in [0.5, 0.6) is 0 Å². The van der Waals surface area contributed by atoms with E-state index in [2.05, 4.69) is 21.0 Å². The molecule has 0 saturated carbocycles. The molecule has 3 heterocycles. The van der Waals surface area contributed by atoms with Crippen LogP contribution in [0.4, 0.5) is 0 Å². The topological polar surface area (TPSA) is 124 Å². The minimum atomic E-state index is -0.641. The molecule has 2 aromatic carbocycles. The molecule has 0 atom stereocenters. The van der Waals surface area contributed by atoms with Gasteiger partial charge in [0.2, 0.25) is 0 Å². The van der Waals surface area contributed by atoms with E-state index in [9.17, 15) is 14.4 Å². The maximum absolute atomic E-state index is 13.3. The lowest BCUT2D eigenvalue weighted by atomic mass is 10.1. The molecular weight excluding hydrogens is 470 g/mol. The number of aromatic nitrogens is 5. The number of nitrogens with zero attached hydrogens (tertiary/aromatic N) is 5. The number of pyridine rings is 1. The Bertz CT molecular complexity index is 1700. The summed E-state index contributed by atoms with van der Waals surface area (Å²) in [7, 11) is 0. The number of carbonyl (C=O) groups excluding carboxylic acids is 2. The SMILES string of the molecule is CCn1nc(C(=O)NNC(=O)c2cc(-c3ccccc3)nc3c2cnn3C(C)C)c2ccccc2c1=O. The van der Waals surface area contributed by atoms with Crippen LogP contribution in [-0.4, -0.2) is 36.4 Å². The molecule has 186 valence electrons. The van der Waals surface area contributed by atoms with Gasteiger partial charge in [0, 0.05) is 23.5 Å². The summed E-state index contributed by atoms with van der Waals surface area (Å²) in [5.41, 5.74) is 7.02. The Morgan fingerprint density at radius 1 is 0.919 bits per heavy atom. The van der Waals surface area contributed by atoms with Crippen LogP contribution in [0.25, 0.3) is 33.1 Å². The Kier molecular flexibility index (Phi) is 6.22. The van der Waals surface area contributed by atoms with Crippen LogP contribution in [0.15, 0.2) is 71.7 Å². The van der Waals surface area contributed by atoms with Crippen molar-refractivity contribution in [3.05, 3.63) is 88.5 Å². The molecule has 3 aromatic heterocycles. The monoisotopic (exact) mass is 495 g/mol. The first-order valence-corrected chi connectivity index (χ1v) is 11.9. The van der Waals surface area contributed by atoms with Gasteiger partial charge < -0.3 is 0 Å². The first kappa shape index (κ1) is 23.9. The highest BCUT2D eigenvalue weighted by atomic mass is 16.2. The number of aryl methyl sites for hydroxylation is 1. The van der Waals surface area contributed by atoms with Gasteiger partial charge in [-0.25, -0.2) is 14.3 Å². The molecule has 0 aliphatic rings. The number of hydrazine groups is 1. The van der Waals surface area contributed by atoms with E-state index >= 15 is 0 Å². The Morgan fingerprint density at radius 2 is 1.59 bits per heavy atom. The number of benzene rings is 2. The number of hydrogen-bond acceptors (Lipinski definition) is 6. The molecular formula is C27H25N7O3. The summed E-state index contributed by atoms with van der Waals surface area (Å²) < 4.78 is 2.97. The van der Waals surface area contributed by atoms with Crippen LogP contribution in [0.3, 0.4) is 0 Å². The number of amides is 2. The predicted octanol–water partition coefficient (Wildman–Crippen LogP) is 3.48. The molecule has 0 aliphatic carbocycles. The zero-order valence-electron chi connectivity index (χ0n) is 20.6. The quantitative estimate of drug-likeness (QED) is 0.360. The molecule has 0 spiro atoms. The number of nitrogens with one attached hydrogen (secondary N) is 2. The minimum Gasteiger partial charge on any atom is -0.267 e. The Hall–Kier alpha value is -4.86. The van der Waals surface area contributed by atoms with Crippen molar-refractivity contribution in [2.24, 2.45) is 0 Å². The molecule has 0 fully saturated rings. The average Bonchev–Trinajstić information content (AvgIpc) is 3.36. The number of rotatable bonds is 5. The van der Waals surface area contributed by atoms with Crippen molar-refractivity contribution in [1.29, 1.82) is 0 Å². The summed E-state index contributed by atoms with van der Waals surface area (Å²) in [4.78, 5) is 43.8. The normalized spacial score (nSPS) is 11.2. The van der Waals surface area contributed by atoms with E-state index in [0.717, 1.165) is 5.56 Å².